The molecular formula is C12H11Cl2N3. The zero-order chi connectivity index (χ0) is 12.4. The van der Waals surface area contributed by atoms with E-state index in [1.165, 1.54) is 0 Å². The Morgan fingerprint density at radius 2 is 2.00 bits per heavy atom. The number of anilines is 1. The van der Waals surface area contributed by atoms with Gasteiger partial charge in [0.25, 0.3) is 0 Å². The van der Waals surface area contributed by atoms with Crippen molar-refractivity contribution in [2.24, 2.45) is 0 Å². The molecule has 0 radical (unpaired) electrons. The molecule has 88 valence electrons. The van der Waals surface area contributed by atoms with Crippen LogP contribution in [0.4, 0.5) is 5.82 Å². The highest BCUT2D eigenvalue weighted by Gasteiger charge is 2.10. The first-order chi connectivity index (χ1) is 8.11. The highest BCUT2D eigenvalue weighted by molar-refractivity contribution is 6.43. The lowest BCUT2D eigenvalue weighted by atomic mass is 10.2. The Balaban J connectivity index is 2.60. The van der Waals surface area contributed by atoms with Gasteiger partial charge in [-0.25, -0.2) is 9.97 Å². The molecule has 0 bridgehead atoms. The number of hydrogen-bond acceptors (Lipinski definition) is 3. The minimum Gasteiger partial charge on any atom is -0.384 e. The molecule has 1 aromatic carbocycles. The van der Waals surface area contributed by atoms with E-state index in [1.54, 1.807) is 12.1 Å². The van der Waals surface area contributed by atoms with E-state index >= 15 is 0 Å². The van der Waals surface area contributed by atoms with Crippen LogP contribution in [-0.2, 0) is 6.42 Å². The molecule has 2 aromatic rings. The molecule has 0 saturated carbocycles. The predicted molar refractivity (Wildman–Crippen MR) is 71.3 cm³/mol. The van der Waals surface area contributed by atoms with Crippen molar-refractivity contribution >= 4 is 29.0 Å². The van der Waals surface area contributed by atoms with Gasteiger partial charge in [-0.15, -0.1) is 0 Å². The highest BCUT2D eigenvalue weighted by Crippen LogP contribution is 2.31. The number of rotatable bonds is 2. The van der Waals surface area contributed by atoms with Crippen LogP contribution in [0.15, 0.2) is 24.3 Å². The van der Waals surface area contributed by atoms with Crippen LogP contribution in [0.5, 0.6) is 0 Å². The van der Waals surface area contributed by atoms with Crippen LogP contribution in [0.1, 0.15) is 12.6 Å². The van der Waals surface area contributed by atoms with Gasteiger partial charge in [-0.2, -0.15) is 0 Å². The van der Waals surface area contributed by atoms with Gasteiger partial charge in [-0.05, 0) is 18.6 Å². The number of nitrogens with two attached hydrogens (primary N) is 1. The van der Waals surface area contributed by atoms with Gasteiger partial charge < -0.3 is 5.73 Å². The lowest BCUT2D eigenvalue weighted by molar-refractivity contribution is 1.01. The van der Waals surface area contributed by atoms with Gasteiger partial charge in [0.1, 0.15) is 5.82 Å². The maximum Gasteiger partial charge on any atom is 0.163 e. The molecule has 0 aliphatic rings. The summed E-state index contributed by atoms with van der Waals surface area (Å²) in [5.41, 5.74) is 7.31. The number of nitrogens with zero attached hydrogens (tertiary/aromatic N) is 2. The second-order valence-corrected chi connectivity index (χ2v) is 4.35. The van der Waals surface area contributed by atoms with E-state index in [0.29, 0.717) is 27.3 Å². The molecule has 0 spiro atoms. The van der Waals surface area contributed by atoms with E-state index in [2.05, 4.69) is 9.97 Å². The van der Waals surface area contributed by atoms with Crippen molar-refractivity contribution in [3.05, 3.63) is 40.0 Å². The molecule has 0 aliphatic heterocycles. The lowest BCUT2D eigenvalue weighted by Crippen LogP contribution is -2.00. The van der Waals surface area contributed by atoms with Gasteiger partial charge in [0.05, 0.1) is 10.0 Å². The molecule has 5 heteroatoms. The largest absolute Gasteiger partial charge is 0.384 e. The molecule has 0 fully saturated rings. The molecule has 1 heterocycles. The summed E-state index contributed by atoms with van der Waals surface area (Å²) in [6.45, 7) is 2.01. The van der Waals surface area contributed by atoms with E-state index in [1.807, 2.05) is 19.1 Å². The third kappa shape index (κ3) is 2.51. The summed E-state index contributed by atoms with van der Waals surface area (Å²) >= 11 is 12.1. The fraction of sp³-hybridized carbons (Fsp3) is 0.167. The standard InChI is InChI=1S/C12H11Cl2N3/c1-2-7-6-10(15)17-12(16-7)8-4-3-5-9(13)11(8)14/h3-6H,2H2,1H3,(H2,15,16,17). The Hall–Kier alpha value is -1.32. The summed E-state index contributed by atoms with van der Waals surface area (Å²) in [6.07, 6.45) is 0.790. The summed E-state index contributed by atoms with van der Waals surface area (Å²) < 4.78 is 0. The average molecular weight is 268 g/mol. The second-order valence-electron chi connectivity index (χ2n) is 3.56. The first-order valence-corrected chi connectivity index (χ1v) is 5.95. The van der Waals surface area contributed by atoms with E-state index in [9.17, 15) is 0 Å². The van der Waals surface area contributed by atoms with Crippen molar-refractivity contribution in [3.63, 3.8) is 0 Å². The minimum atomic E-state index is 0.433. The van der Waals surface area contributed by atoms with Crippen LogP contribution in [0.25, 0.3) is 11.4 Å². The highest BCUT2D eigenvalue weighted by atomic mass is 35.5. The maximum atomic E-state index is 6.12. The molecule has 2 N–H and O–H groups in total. The van der Waals surface area contributed by atoms with Gasteiger partial charge in [-0.1, -0.05) is 36.2 Å². The molecule has 0 saturated heterocycles. The van der Waals surface area contributed by atoms with Gasteiger partial charge in [-0.3, -0.25) is 0 Å². The molecule has 1 aromatic heterocycles. The first-order valence-electron chi connectivity index (χ1n) is 5.19. The Morgan fingerprint density at radius 3 is 2.71 bits per heavy atom. The van der Waals surface area contributed by atoms with E-state index in [0.717, 1.165) is 12.1 Å². The SMILES string of the molecule is CCc1cc(N)nc(-c2cccc(Cl)c2Cl)n1. The smallest absolute Gasteiger partial charge is 0.163 e. The molecule has 17 heavy (non-hydrogen) atoms. The topological polar surface area (TPSA) is 51.8 Å². The van der Waals surface area contributed by atoms with Crippen molar-refractivity contribution < 1.29 is 0 Å². The molecule has 0 amide bonds. The van der Waals surface area contributed by atoms with E-state index in [-0.39, 0.29) is 0 Å². The van der Waals surface area contributed by atoms with Crippen LogP contribution in [0.2, 0.25) is 10.0 Å². The Morgan fingerprint density at radius 1 is 1.24 bits per heavy atom. The third-order valence-electron chi connectivity index (χ3n) is 2.35. The minimum absolute atomic E-state index is 0.433. The summed E-state index contributed by atoms with van der Waals surface area (Å²) in [5.74, 6) is 0.942. The third-order valence-corrected chi connectivity index (χ3v) is 3.17. The number of aryl methyl sites for hydroxylation is 1. The van der Waals surface area contributed by atoms with E-state index < -0.39 is 0 Å². The van der Waals surface area contributed by atoms with Crippen molar-refractivity contribution in [1.29, 1.82) is 0 Å². The van der Waals surface area contributed by atoms with Gasteiger partial charge in [0.15, 0.2) is 5.82 Å². The Labute approximate surface area is 110 Å². The van der Waals surface area contributed by atoms with Crippen LogP contribution in [0.3, 0.4) is 0 Å². The van der Waals surface area contributed by atoms with Gasteiger partial charge in [0.2, 0.25) is 0 Å². The number of nitrogen functional groups attached to an aromatic ring is 1. The van der Waals surface area contributed by atoms with Crippen molar-refractivity contribution in [1.82, 2.24) is 9.97 Å². The molecule has 0 unspecified atom stereocenters. The lowest BCUT2D eigenvalue weighted by Gasteiger charge is -2.07. The maximum absolute atomic E-state index is 6.12. The molecular weight excluding hydrogens is 257 g/mol. The van der Waals surface area contributed by atoms with E-state index in [4.69, 9.17) is 28.9 Å². The number of halogens is 2. The Kier molecular flexibility index (Phi) is 3.50. The monoisotopic (exact) mass is 267 g/mol. The van der Waals surface area contributed by atoms with Crippen molar-refractivity contribution in [2.45, 2.75) is 13.3 Å². The average Bonchev–Trinajstić information content (AvgIpc) is 2.31. The van der Waals surface area contributed by atoms with Crippen LogP contribution >= 0.6 is 23.2 Å². The van der Waals surface area contributed by atoms with Crippen molar-refractivity contribution in [3.8, 4) is 11.4 Å². The quantitative estimate of drug-likeness (QED) is 0.905. The Bertz CT molecular complexity index is 555. The molecule has 0 atom stereocenters. The zero-order valence-corrected chi connectivity index (χ0v) is 10.8. The summed E-state index contributed by atoms with van der Waals surface area (Å²) in [5, 5.41) is 0.926. The number of aromatic nitrogens is 2. The summed E-state index contributed by atoms with van der Waals surface area (Å²) in [7, 11) is 0. The van der Waals surface area contributed by atoms with Gasteiger partial charge >= 0.3 is 0 Å². The summed E-state index contributed by atoms with van der Waals surface area (Å²) in [4.78, 5) is 8.57. The predicted octanol–water partition coefficient (Wildman–Crippen LogP) is 3.60. The fourth-order valence-corrected chi connectivity index (χ4v) is 1.88. The van der Waals surface area contributed by atoms with Gasteiger partial charge in [0, 0.05) is 17.3 Å². The molecule has 2 rings (SSSR count). The summed E-state index contributed by atoms with van der Waals surface area (Å²) in [6, 6.07) is 7.10. The fourth-order valence-electron chi connectivity index (χ4n) is 1.50. The number of benzene rings is 1. The normalized spacial score (nSPS) is 10.5. The van der Waals surface area contributed by atoms with Crippen LogP contribution in [0, 0.1) is 0 Å². The van der Waals surface area contributed by atoms with Crippen molar-refractivity contribution in [2.75, 3.05) is 5.73 Å². The van der Waals surface area contributed by atoms with Crippen LogP contribution in [-0.4, -0.2) is 9.97 Å². The zero-order valence-electron chi connectivity index (χ0n) is 9.24. The first kappa shape index (κ1) is 12.1. The number of hydrogen-bond donors (Lipinski definition) is 1. The van der Waals surface area contributed by atoms with Crippen LogP contribution < -0.4 is 5.73 Å². The second kappa shape index (κ2) is 4.90. The molecule has 3 nitrogen and oxygen atoms in total. The molecule has 0 aliphatic carbocycles.